The van der Waals surface area contributed by atoms with E-state index in [9.17, 15) is 0 Å². The van der Waals surface area contributed by atoms with E-state index in [-0.39, 0.29) is 5.41 Å². The molecule has 2 nitrogen and oxygen atoms in total. The number of fused-ring (bicyclic) bond motifs is 7. The van der Waals surface area contributed by atoms with Gasteiger partial charge in [0.1, 0.15) is 0 Å². The van der Waals surface area contributed by atoms with E-state index in [4.69, 9.17) is 0 Å². The van der Waals surface area contributed by atoms with E-state index < -0.39 is 0 Å². The van der Waals surface area contributed by atoms with E-state index in [2.05, 4.69) is 181 Å². The van der Waals surface area contributed by atoms with Gasteiger partial charge >= 0.3 is 0 Å². The molecule has 0 saturated heterocycles. The average molecular weight is 817 g/mol. The molecular formula is C61H56N2. The van der Waals surface area contributed by atoms with Crippen LogP contribution in [0.2, 0.25) is 0 Å². The lowest BCUT2D eigenvalue weighted by molar-refractivity contribution is 0.660. The second-order valence-electron chi connectivity index (χ2n) is 19.1. The Bertz CT molecular complexity index is 3000. The summed E-state index contributed by atoms with van der Waals surface area (Å²) in [6, 6.07) is 43.7. The van der Waals surface area contributed by atoms with Crippen molar-refractivity contribution in [3.63, 3.8) is 0 Å². The van der Waals surface area contributed by atoms with Crippen LogP contribution in [0.4, 0.5) is 17.1 Å². The third-order valence-corrected chi connectivity index (χ3v) is 15.3. The lowest BCUT2D eigenvalue weighted by atomic mass is 9.78. The van der Waals surface area contributed by atoms with Crippen molar-refractivity contribution in [2.24, 2.45) is 0 Å². The van der Waals surface area contributed by atoms with Gasteiger partial charge < -0.3 is 9.47 Å². The minimum atomic E-state index is -0.0329. The number of nitrogens with zero attached hydrogens (tertiary/aromatic N) is 2. The highest BCUT2D eigenvalue weighted by atomic mass is 15.1. The first-order valence-corrected chi connectivity index (χ1v) is 23.8. The molecule has 6 aromatic rings. The minimum Gasteiger partial charge on any atom is -0.317 e. The van der Waals surface area contributed by atoms with Crippen molar-refractivity contribution in [1.29, 1.82) is 0 Å². The highest BCUT2D eigenvalue weighted by Gasteiger charge is 2.36. The topological polar surface area (TPSA) is 8.17 Å². The molecule has 63 heavy (non-hydrogen) atoms. The Balaban J connectivity index is 0.895. The number of allylic oxidation sites excluding steroid dienone is 11. The second-order valence-corrected chi connectivity index (χ2v) is 19.1. The number of hydrogen-bond donors (Lipinski definition) is 0. The molecule has 1 heterocycles. The van der Waals surface area contributed by atoms with Gasteiger partial charge in [0.2, 0.25) is 0 Å². The predicted octanol–water partition coefficient (Wildman–Crippen LogP) is 16.6. The predicted molar refractivity (Wildman–Crippen MR) is 267 cm³/mol. The molecule has 310 valence electrons. The minimum absolute atomic E-state index is 0.0329. The molecule has 1 aromatic heterocycles. The van der Waals surface area contributed by atoms with Crippen molar-refractivity contribution in [3.8, 4) is 22.3 Å². The van der Waals surface area contributed by atoms with Gasteiger partial charge in [0.05, 0.1) is 0 Å². The first-order valence-electron chi connectivity index (χ1n) is 23.8. The maximum atomic E-state index is 2.70. The molecule has 6 aliphatic carbocycles. The molecule has 12 rings (SSSR count). The molecule has 0 aliphatic heterocycles. The van der Waals surface area contributed by atoms with Crippen LogP contribution in [-0.4, -0.2) is 4.57 Å². The van der Waals surface area contributed by atoms with Gasteiger partial charge in [0.15, 0.2) is 0 Å². The highest BCUT2D eigenvalue weighted by Crippen LogP contribution is 2.51. The van der Waals surface area contributed by atoms with Crippen LogP contribution in [0.15, 0.2) is 157 Å². The van der Waals surface area contributed by atoms with Crippen LogP contribution in [0.3, 0.4) is 0 Å². The first-order chi connectivity index (χ1) is 31.0. The van der Waals surface area contributed by atoms with Crippen molar-refractivity contribution < 1.29 is 0 Å². The van der Waals surface area contributed by atoms with Crippen LogP contribution in [0.25, 0.3) is 50.7 Å². The Morgan fingerprint density at radius 1 is 0.524 bits per heavy atom. The summed E-state index contributed by atoms with van der Waals surface area (Å²) in [4.78, 5) is 2.44. The van der Waals surface area contributed by atoms with Crippen LogP contribution in [0, 0.1) is 0 Å². The van der Waals surface area contributed by atoms with Gasteiger partial charge in [-0.2, -0.15) is 0 Å². The highest BCUT2D eigenvalue weighted by molar-refractivity contribution is 5.89. The van der Waals surface area contributed by atoms with Crippen molar-refractivity contribution in [1.82, 2.24) is 4.57 Å². The Morgan fingerprint density at radius 2 is 1.24 bits per heavy atom. The van der Waals surface area contributed by atoms with Crippen LogP contribution in [0.1, 0.15) is 123 Å². The largest absolute Gasteiger partial charge is 0.317 e. The van der Waals surface area contributed by atoms with Crippen LogP contribution in [0.5, 0.6) is 0 Å². The van der Waals surface area contributed by atoms with Gasteiger partial charge in [-0.05, 0) is 192 Å². The van der Waals surface area contributed by atoms with E-state index in [1.165, 1.54) is 118 Å². The van der Waals surface area contributed by atoms with Crippen molar-refractivity contribution in [2.45, 2.75) is 96.3 Å². The molecule has 0 amide bonds. The second kappa shape index (κ2) is 15.5. The summed E-state index contributed by atoms with van der Waals surface area (Å²) in [5.41, 5.74) is 28.2. The van der Waals surface area contributed by atoms with E-state index in [0.29, 0.717) is 0 Å². The SMILES string of the molecule is CC1(C)c2ccccc2-c2cc(N(c3ccc(C4=CC=CCC4)cc3)c3ccc(-c4ccccc4C4=CC=C(n5c6c(c7c5CCC5=C7CCCC5)CCC=C6)CC4)cc3)ccc21. The van der Waals surface area contributed by atoms with Crippen molar-refractivity contribution in [3.05, 3.63) is 202 Å². The fourth-order valence-corrected chi connectivity index (χ4v) is 12.1. The number of aromatic nitrogens is 1. The third-order valence-electron chi connectivity index (χ3n) is 15.3. The van der Waals surface area contributed by atoms with E-state index in [1.54, 1.807) is 28.0 Å². The molecule has 0 atom stereocenters. The summed E-state index contributed by atoms with van der Waals surface area (Å²) in [5, 5.41) is 0. The molecule has 0 radical (unpaired) electrons. The van der Waals surface area contributed by atoms with E-state index in [1.807, 2.05) is 0 Å². The fraction of sp³-hybridized carbons (Fsp3) is 0.246. The van der Waals surface area contributed by atoms with Crippen molar-refractivity contribution >= 4 is 45.6 Å². The molecule has 0 unspecified atom stereocenters. The van der Waals surface area contributed by atoms with Crippen LogP contribution in [-0.2, 0) is 18.3 Å². The molecule has 5 aromatic carbocycles. The lowest BCUT2D eigenvalue weighted by Crippen LogP contribution is -2.15. The molecule has 0 saturated carbocycles. The van der Waals surface area contributed by atoms with Crippen LogP contribution < -0.4 is 4.90 Å². The zero-order valence-electron chi connectivity index (χ0n) is 36.9. The molecule has 0 fully saturated rings. The molecule has 0 N–H and O–H groups in total. The van der Waals surface area contributed by atoms with Gasteiger partial charge in [0.25, 0.3) is 0 Å². The third kappa shape index (κ3) is 6.44. The Kier molecular flexibility index (Phi) is 9.40. The number of anilines is 3. The molecule has 0 bridgehead atoms. The lowest BCUT2D eigenvalue weighted by Gasteiger charge is -2.28. The average Bonchev–Trinajstić information content (AvgIpc) is 3.81. The van der Waals surface area contributed by atoms with E-state index >= 15 is 0 Å². The summed E-state index contributed by atoms with van der Waals surface area (Å²) in [7, 11) is 0. The Labute approximate surface area is 374 Å². The Morgan fingerprint density at radius 3 is 2.02 bits per heavy atom. The first kappa shape index (κ1) is 38.3. The zero-order chi connectivity index (χ0) is 42.1. The van der Waals surface area contributed by atoms with Gasteiger partial charge in [-0.1, -0.05) is 129 Å². The van der Waals surface area contributed by atoms with Crippen LogP contribution >= 0.6 is 0 Å². The quantitative estimate of drug-likeness (QED) is 0.156. The van der Waals surface area contributed by atoms with Gasteiger partial charge in [-0.25, -0.2) is 0 Å². The number of rotatable bonds is 7. The summed E-state index contributed by atoms with van der Waals surface area (Å²) in [6.07, 6.45) is 30.8. The number of benzene rings is 5. The molecule has 2 heteroatoms. The molecular weight excluding hydrogens is 761 g/mol. The standard InChI is InChI=1S/C61H56N2/c1-61(2)56-22-12-10-20-53(56)55-40-49(37-38-57(55)61)62(46-31-24-42(25-32-46)41-14-4-3-5-15-41)47-33-26-44(27-34-47)50-17-8-9-18-51(50)45-28-35-48(36-29-45)63-58-23-13-11-21-54(58)60-52-19-7-6-16-43(52)30-39-59(60)63/h3-4,8-10,12-14,17-18,20,22-28,31-35,37-38,40H,5-7,11,15-16,19,21,29-30,36,39H2,1-2H3. The smallest absolute Gasteiger partial charge is 0.0491 e. The van der Waals surface area contributed by atoms with Crippen molar-refractivity contribution in [2.75, 3.05) is 4.90 Å². The summed E-state index contributed by atoms with van der Waals surface area (Å²) < 4.78 is 2.70. The maximum Gasteiger partial charge on any atom is 0.0491 e. The normalized spacial score (nSPS) is 18.1. The summed E-state index contributed by atoms with van der Waals surface area (Å²) in [5.74, 6) is 0. The molecule has 6 aliphatic rings. The maximum absolute atomic E-state index is 2.70. The van der Waals surface area contributed by atoms with Gasteiger partial charge in [0, 0.05) is 45.1 Å². The van der Waals surface area contributed by atoms with Gasteiger partial charge in [-0.15, -0.1) is 0 Å². The Hall–Kier alpha value is -6.38. The number of hydrogen-bond acceptors (Lipinski definition) is 1. The summed E-state index contributed by atoms with van der Waals surface area (Å²) in [6.45, 7) is 4.72. The zero-order valence-corrected chi connectivity index (χ0v) is 36.9. The van der Waals surface area contributed by atoms with E-state index in [0.717, 1.165) is 43.5 Å². The fourth-order valence-electron chi connectivity index (χ4n) is 12.1. The monoisotopic (exact) mass is 816 g/mol. The molecule has 0 spiro atoms. The summed E-state index contributed by atoms with van der Waals surface area (Å²) >= 11 is 0. The van der Waals surface area contributed by atoms with Gasteiger partial charge in [-0.3, -0.25) is 0 Å².